The van der Waals surface area contributed by atoms with Gasteiger partial charge in [0, 0.05) is 27.5 Å². The first-order valence-electron chi connectivity index (χ1n) is 11.5. The van der Waals surface area contributed by atoms with Crippen molar-refractivity contribution in [2.45, 2.75) is 32.6 Å². The van der Waals surface area contributed by atoms with Crippen molar-refractivity contribution >= 4 is 52.1 Å². The van der Waals surface area contributed by atoms with E-state index in [4.69, 9.17) is 28.6 Å². The first kappa shape index (κ1) is 26.2. The number of carbonyl (C=O) groups is 2. The number of hydrogen-bond acceptors (Lipinski definition) is 4. The Morgan fingerprint density at radius 1 is 0.829 bits per heavy atom. The number of ether oxygens (including phenoxy) is 1. The molecule has 0 bridgehead atoms. The van der Waals surface area contributed by atoms with E-state index in [1.165, 1.54) is 12.8 Å². The van der Waals surface area contributed by atoms with Crippen LogP contribution < -0.4 is 20.7 Å². The summed E-state index contributed by atoms with van der Waals surface area (Å²) in [4.78, 5) is 25.1. The summed E-state index contributed by atoms with van der Waals surface area (Å²) in [6.07, 6.45) is 4.55. The molecule has 0 unspecified atom stereocenters. The average molecular weight is 510 g/mol. The predicted octanol–water partition coefficient (Wildman–Crippen LogP) is 6.68. The van der Waals surface area contributed by atoms with Gasteiger partial charge in [0.05, 0.1) is 6.61 Å². The fraction of sp³-hybridized carbons (Fsp3) is 0.222. The number of rotatable bonds is 10. The van der Waals surface area contributed by atoms with Gasteiger partial charge in [-0.25, -0.2) is 0 Å². The molecule has 8 heteroatoms. The van der Waals surface area contributed by atoms with E-state index in [1.807, 2.05) is 0 Å². The maximum absolute atomic E-state index is 12.6. The molecule has 3 N–H and O–H groups in total. The van der Waals surface area contributed by atoms with Crippen molar-refractivity contribution in [3.8, 4) is 5.75 Å². The highest BCUT2D eigenvalue weighted by molar-refractivity contribution is 7.80. The molecule has 2 amide bonds. The fourth-order valence-corrected chi connectivity index (χ4v) is 3.67. The Morgan fingerprint density at radius 3 is 2.26 bits per heavy atom. The lowest BCUT2D eigenvalue weighted by molar-refractivity contribution is 0.0976. The van der Waals surface area contributed by atoms with Crippen LogP contribution in [0.3, 0.4) is 0 Å². The summed E-state index contributed by atoms with van der Waals surface area (Å²) in [5.41, 5.74) is 2.05. The molecule has 0 saturated heterocycles. The zero-order chi connectivity index (χ0) is 25.0. The number of unbranched alkanes of at least 4 members (excludes halogenated alkanes) is 3. The maximum Gasteiger partial charge on any atom is 0.257 e. The first-order chi connectivity index (χ1) is 16.9. The molecule has 182 valence electrons. The summed E-state index contributed by atoms with van der Waals surface area (Å²) in [6.45, 7) is 2.83. The third-order valence-electron chi connectivity index (χ3n) is 5.08. The van der Waals surface area contributed by atoms with Crippen molar-refractivity contribution in [2.24, 2.45) is 0 Å². The number of hydrogen-bond donors (Lipinski definition) is 3. The Bertz CT molecular complexity index is 1170. The van der Waals surface area contributed by atoms with Gasteiger partial charge in [-0.3, -0.25) is 14.9 Å². The molecule has 0 heterocycles. The first-order valence-corrected chi connectivity index (χ1v) is 12.3. The van der Waals surface area contributed by atoms with Gasteiger partial charge < -0.3 is 15.4 Å². The van der Waals surface area contributed by atoms with Gasteiger partial charge in [-0.15, -0.1) is 0 Å². The number of thiocarbonyl (C=S) groups is 1. The number of benzene rings is 3. The quantitative estimate of drug-likeness (QED) is 0.210. The topological polar surface area (TPSA) is 79.5 Å². The Balaban J connectivity index is 1.51. The Labute approximate surface area is 216 Å². The van der Waals surface area contributed by atoms with Crippen molar-refractivity contribution < 1.29 is 14.3 Å². The van der Waals surface area contributed by atoms with Gasteiger partial charge in [0.15, 0.2) is 5.11 Å². The van der Waals surface area contributed by atoms with E-state index >= 15 is 0 Å². The number of halogens is 1. The molecule has 3 rings (SSSR count). The monoisotopic (exact) mass is 509 g/mol. The zero-order valence-electron chi connectivity index (χ0n) is 19.5. The van der Waals surface area contributed by atoms with Crippen molar-refractivity contribution in [1.29, 1.82) is 0 Å². The molecule has 0 aliphatic carbocycles. The maximum atomic E-state index is 12.6. The van der Waals surface area contributed by atoms with Crippen LogP contribution in [0, 0.1) is 0 Å². The van der Waals surface area contributed by atoms with E-state index in [0.717, 1.165) is 18.6 Å². The lowest BCUT2D eigenvalue weighted by Gasteiger charge is -2.12. The van der Waals surface area contributed by atoms with E-state index in [-0.39, 0.29) is 16.9 Å². The van der Waals surface area contributed by atoms with Gasteiger partial charge in [-0.1, -0.05) is 49.9 Å². The van der Waals surface area contributed by atoms with E-state index in [0.29, 0.717) is 34.1 Å². The fourth-order valence-electron chi connectivity index (χ4n) is 3.27. The van der Waals surface area contributed by atoms with Crippen LogP contribution in [0.2, 0.25) is 5.02 Å². The number of nitrogens with one attached hydrogen (secondary N) is 3. The Hall–Kier alpha value is -3.42. The second kappa shape index (κ2) is 13.5. The molecular weight excluding hydrogens is 482 g/mol. The minimum absolute atomic E-state index is 0.124. The molecule has 0 spiro atoms. The van der Waals surface area contributed by atoms with Crippen molar-refractivity contribution in [3.05, 3.63) is 88.9 Å². The summed E-state index contributed by atoms with van der Waals surface area (Å²) in [5.74, 6) is 0.0945. The summed E-state index contributed by atoms with van der Waals surface area (Å²) in [7, 11) is 0. The van der Waals surface area contributed by atoms with Gasteiger partial charge in [0.25, 0.3) is 11.8 Å². The lowest BCUT2D eigenvalue weighted by Crippen LogP contribution is -2.34. The molecule has 0 aliphatic rings. The summed E-state index contributed by atoms with van der Waals surface area (Å²) in [6, 6.07) is 20.6. The normalized spacial score (nSPS) is 10.3. The van der Waals surface area contributed by atoms with Crippen molar-refractivity contribution in [3.63, 3.8) is 0 Å². The highest BCUT2D eigenvalue weighted by Crippen LogP contribution is 2.18. The molecule has 0 fully saturated rings. The van der Waals surface area contributed by atoms with Crippen LogP contribution in [0.15, 0.2) is 72.8 Å². The summed E-state index contributed by atoms with van der Waals surface area (Å²) in [5, 5.41) is 9.04. The van der Waals surface area contributed by atoms with E-state index in [9.17, 15) is 9.59 Å². The summed E-state index contributed by atoms with van der Waals surface area (Å²) >= 11 is 11.2. The Kier molecular flexibility index (Phi) is 10.1. The van der Waals surface area contributed by atoms with Crippen LogP contribution in [0.4, 0.5) is 11.4 Å². The van der Waals surface area contributed by atoms with Gasteiger partial charge >= 0.3 is 0 Å². The lowest BCUT2D eigenvalue weighted by atomic mass is 10.2. The van der Waals surface area contributed by atoms with E-state index < -0.39 is 0 Å². The van der Waals surface area contributed by atoms with Crippen LogP contribution >= 0.6 is 23.8 Å². The van der Waals surface area contributed by atoms with Crippen LogP contribution in [0.25, 0.3) is 0 Å². The SMILES string of the molecule is CCCCCCOc1ccc(C(=O)NC(=S)Nc2cccc(C(=O)Nc3cccc(Cl)c3)c2)cc1. The minimum Gasteiger partial charge on any atom is -0.494 e. The second-order valence-corrected chi connectivity index (χ2v) is 8.73. The molecule has 35 heavy (non-hydrogen) atoms. The second-order valence-electron chi connectivity index (χ2n) is 7.89. The van der Waals surface area contributed by atoms with Crippen LogP contribution in [-0.4, -0.2) is 23.5 Å². The van der Waals surface area contributed by atoms with E-state index in [2.05, 4.69) is 22.9 Å². The Morgan fingerprint density at radius 2 is 1.54 bits per heavy atom. The average Bonchev–Trinajstić information content (AvgIpc) is 2.84. The van der Waals surface area contributed by atoms with Crippen molar-refractivity contribution in [1.82, 2.24) is 5.32 Å². The van der Waals surface area contributed by atoms with Gasteiger partial charge in [-0.2, -0.15) is 0 Å². The molecule has 0 saturated carbocycles. The van der Waals surface area contributed by atoms with Gasteiger partial charge in [0.2, 0.25) is 0 Å². The highest BCUT2D eigenvalue weighted by atomic mass is 35.5. The molecule has 3 aromatic carbocycles. The standard InChI is InChI=1S/C27H28ClN3O3S/c1-2-3-4-5-16-34-24-14-12-19(13-15-24)25(32)31-27(35)30-22-10-6-8-20(17-22)26(33)29-23-11-7-9-21(28)18-23/h6-15,17-18H,2-5,16H2,1H3,(H,29,33)(H2,30,31,32,35). The molecule has 0 radical (unpaired) electrons. The number of anilines is 2. The van der Waals surface area contributed by atoms with Crippen LogP contribution in [-0.2, 0) is 0 Å². The van der Waals surface area contributed by atoms with E-state index in [1.54, 1.807) is 72.8 Å². The molecule has 3 aromatic rings. The summed E-state index contributed by atoms with van der Waals surface area (Å²) < 4.78 is 5.71. The highest BCUT2D eigenvalue weighted by Gasteiger charge is 2.11. The molecule has 0 aliphatic heterocycles. The molecular formula is C27H28ClN3O3S. The van der Waals surface area contributed by atoms with Gasteiger partial charge in [-0.05, 0) is 79.3 Å². The van der Waals surface area contributed by atoms with Crippen LogP contribution in [0.5, 0.6) is 5.75 Å². The zero-order valence-corrected chi connectivity index (χ0v) is 21.0. The van der Waals surface area contributed by atoms with Crippen LogP contribution in [0.1, 0.15) is 53.3 Å². The predicted molar refractivity (Wildman–Crippen MR) is 146 cm³/mol. The molecule has 6 nitrogen and oxygen atoms in total. The molecule has 0 atom stereocenters. The van der Waals surface area contributed by atoms with Gasteiger partial charge in [0.1, 0.15) is 5.75 Å². The number of amides is 2. The third kappa shape index (κ3) is 8.70. The number of carbonyl (C=O) groups excluding carboxylic acids is 2. The third-order valence-corrected chi connectivity index (χ3v) is 5.51. The minimum atomic E-state index is -0.341. The largest absolute Gasteiger partial charge is 0.494 e. The smallest absolute Gasteiger partial charge is 0.257 e. The van der Waals surface area contributed by atoms with Crippen molar-refractivity contribution in [2.75, 3.05) is 17.2 Å². The molecule has 0 aromatic heterocycles.